The lowest BCUT2D eigenvalue weighted by Crippen LogP contribution is -2.29. The Morgan fingerprint density at radius 3 is 2.55 bits per heavy atom. The highest BCUT2D eigenvalue weighted by Crippen LogP contribution is 2.40. The van der Waals surface area contributed by atoms with Crippen molar-refractivity contribution in [1.82, 2.24) is 4.72 Å². The molecule has 0 radical (unpaired) electrons. The van der Waals surface area contributed by atoms with Crippen molar-refractivity contribution in [2.75, 3.05) is 5.32 Å². The lowest BCUT2D eigenvalue weighted by molar-refractivity contribution is 0.0697. The molecule has 4 rings (SSSR count). The van der Waals surface area contributed by atoms with E-state index in [-0.39, 0.29) is 5.56 Å². The van der Waals surface area contributed by atoms with E-state index in [1.54, 1.807) is 30.3 Å². The van der Waals surface area contributed by atoms with Gasteiger partial charge >= 0.3 is 5.97 Å². The zero-order chi connectivity index (χ0) is 20.2. The van der Waals surface area contributed by atoms with Gasteiger partial charge in [-0.2, -0.15) is 0 Å². The molecule has 0 aliphatic carbocycles. The second-order valence-corrected chi connectivity index (χ2v) is 7.41. The van der Waals surface area contributed by atoms with E-state index >= 15 is 0 Å². The Balaban J connectivity index is 1.52. The number of aromatic carboxylic acids is 1. The van der Waals surface area contributed by atoms with Crippen LogP contribution in [0.5, 0.6) is 11.5 Å². The van der Waals surface area contributed by atoms with Crippen LogP contribution in [0.25, 0.3) is 0 Å². The molecule has 0 fully saturated rings. The maximum Gasteiger partial charge on any atom is 0.335 e. The molecule has 8 heteroatoms. The van der Waals surface area contributed by atoms with Gasteiger partial charge in [0.15, 0.2) is 5.75 Å². The van der Waals surface area contributed by atoms with E-state index in [2.05, 4.69) is 15.0 Å². The number of guanidine groups is 1. The minimum absolute atomic E-state index is 0.251. The molecule has 1 aliphatic heterocycles. The monoisotopic (exact) mass is 425 g/mol. The van der Waals surface area contributed by atoms with Gasteiger partial charge in [-0.15, -0.1) is 0 Å². The number of hydrogen-bond donors (Lipinski definition) is 3. The molecule has 0 saturated heterocycles. The molecule has 0 saturated carbocycles. The molecule has 3 aromatic carbocycles. The van der Waals surface area contributed by atoms with Crippen molar-refractivity contribution in [2.45, 2.75) is 11.4 Å². The van der Waals surface area contributed by atoms with Crippen molar-refractivity contribution in [1.29, 1.82) is 0 Å². The van der Waals surface area contributed by atoms with Crippen LogP contribution in [-0.4, -0.2) is 17.0 Å². The summed E-state index contributed by atoms with van der Waals surface area (Å²) in [5.74, 6) is 0.852. The number of carbonyl (C=O) groups is 1. The van der Waals surface area contributed by atoms with Crippen molar-refractivity contribution in [3.05, 3.63) is 82.9 Å². The first kappa shape index (κ1) is 19.2. The first-order valence-corrected chi connectivity index (χ1v) is 9.91. The molecule has 0 spiro atoms. The zero-order valence-electron chi connectivity index (χ0n) is 15.1. The Kier molecular flexibility index (Phi) is 5.59. The molecule has 0 bridgehead atoms. The second-order valence-electron chi connectivity index (χ2n) is 6.16. The van der Waals surface area contributed by atoms with Crippen molar-refractivity contribution in [3.8, 4) is 11.5 Å². The summed E-state index contributed by atoms with van der Waals surface area (Å²) in [5, 5.41) is 12.8. The summed E-state index contributed by atoms with van der Waals surface area (Å²) in [6, 6.07) is 19.7. The van der Waals surface area contributed by atoms with Crippen LogP contribution in [0.2, 0.25) is 5.02 Å². The topological polar surface area (TPSA) is 83.0 Å². The van der Waals surface area contributed by atoms with Gasteiger partial charge < -0.3 is 15.2 Å². The fraction of sp³-hybridized carbons (Fsp3) is 0.0476. The number of benzene rings is 3. The van der Waals surface area contributed by atoms with E-state index in [4.69, 9.17) is 21.4 Å². The van der Waals surface area contributed by atoms with Crippen LogP contribution in [0.4, 0.5) is 5.69 Å². The quantitative estimate of drug-likeness (QED) is 0.474. The Hall–Kier alpha value is -3.16. The Labute approximate surface area is 176 Å². The smallest absolute Gasteiger partial charge is 0.335 e. The summed E-state index contributed by atoms with van der Waals surface area (Å²) >= 11 is 7.64. The van der Waals surface area contributed by atoms with E-state index in [9.17, 15) is 4.79 Å². The molecule has 3 N–H and O–H groups in total. The fourth-order valence-electron chi connectivity index (χ4n) is 2.69. The van der Waals surface area contributed by atoms with Crippen LogP contribution >= 0.6 is 23.5 Å². The van der Waals surface area contributed by atoms with E-state index in [1.165, 1.54) is 11.9 Å². The van der Waals surface area contributed by atoms with Gasteiger partial charge in [-0.25, -0.2) is 9.79 Å². The number of rotatable bonds is 5. The molecule has 3 aromatic rings. The molecule has 6 nitrogen and oxygen atoms in total. The summed E-state index contributed by atoms with van der Waals surface area (Å²) in [6.45, 7) is 0.401. The van der Waals surface area contributed by atoms with Crippen molar-refractivity contribution < 1.29 is 14.6 Å². The number of carboxylic acid groups (broad SMARTS) is 1. The summed E-state index contributed by atoms with van der Waals surface area (Å²) in [7, 11) is 0. The van der Waals surface area contributed by atoms with Gasteiger partial charge in [0.1, 0.15) is 5.75 Å². The largest absolute Gasteiger partial charge is 0.478 e. The summed E-state index contributed by atoms with van der Waals surface area (Å²) in [4.78, 5) is 16.5. The fourth-order valence-corrected chi connectivity index (χ4v) is 3.59. The van der Waals surface area contributed by atoms with Gasteiger partial charge in [-0.3, -0.25) is 4.72 Å². The number of halogens is 1. The first-order valence-electron chi connectivity index (χ1n) is 8.72. The predicted octanol–water partition coefficient (Wildman–Crippen LogP) is 5.41. The highest BCUT2D eigenvalue weighted by Gasteiger charge is 2.19. The SMILES string of the molecule is O=C(O)c1ccc(CN=C2NSc3cccc(Oc4ccccc4Cl)c3N2)cc1. The number of para-hydroxylation sites is 2. The molecule has 29 heavy (non-hydrogen) atoms. The molecule has 0 unspecified atom stereocenters. The molecular weight excluding hydrogens is 410 g/mol. The number of aliphatic imine (C=N–C) groups is 1. The summed E-state index contributed by atoms with van der Waals surface area (Å²) < 4.78 is 9.17. The second kappa shape index (κ2) is 8.46. The van der Waals surface area contributed by atoms with Gasteiger partial charge in [-0.1, -0.05) is 41.9 Å². The number of nitrogens with one attached hydrogen (secondary N) is 2. The van der Waals surface area contributed by atoms with E-state index in [0.29, 0.717) is 29.0 Å². The molecule has 0 aromatic heterocycles. The minimum atomic E-state index is -0.947. The third-order valence-corrected chi connectivity index (χ3v) is 5.33. The number of anilines is 1. The molecular formula is C21H16ClN3O3S. The first-order chi connectivity index (χ1) is 14.1. The van der Waals surface area contributed by atoms with Crippen molar-refractivity contribution >= 4 is 41.2 Å². The number of carboxylic acids is 1. The van der Waals surface area contributed by atoms with Crippen molar-refractivity contribution in [2.24, 2.45) is 4.99 Å². The molecule has 0 amide bonds. The Morgan fingerprint density at radius 1 is 1.03 bits per heavy atom. The minimum Gasteiger partial charge on any atom is -0.478 e. The number of ether oxygens (including phenoxy) is 1. The Bertz CT molecular complexity index is 1090. The molecule has 0 atom stereocenters. The van der Waals surface area contributed by atoms with Crippen LogP contribution < -0.4 is 14.8 Å². The number of nitrogens with zero attached hydrogens (tertiary/aromatic N) is 1. The van der Waals surface area contributed by atoms with Gasteiger partial charge in [0.25, 0.3) is 0 Å². The van der Waals surface area contributed by atoms with Gasteiger partial charge in [0.05, 0.1) is 27.7 Å². The van der Waals surface area contributed by atoms with Gasteiger partial charge in [-0.05, 0) is 53.9 Å². The van der Waals surface area contributed by atoms with E-state index < -0.39 is 5.97 Å². The van der Waals surface area contributed by atoms with Gasteiger partial charge in [0.2, 0.25) is 5.96 Å². The third-order valence-electron chi connectivity index (χ3n) is 4.17. The van der Waals surface area contributed by atoms with Gasteiger partial charge in [0, 0.05) is 0 Å². The summed E-state index contributed by atoms with van der Waals surface area (Å²) in [6.07, 6.45) is 0. The normalized spacial score (nSPS) is 13.9. The van der Waals surface area contributed by atoms with Crippen LogP contribution in [0.1, 0.15) is 15.9 Å². The summed E-state index contributed by atoms with van der Waals surface area (Å²) in [5.41, 5.74) is 1.96. The molecule has 1 aliphatic rings. The standard InChI is InChI=1S/C21H16ClN3O3S/c22-15-4-1-2-5-16(15)28-17-6-3-7-18-19(17)24-21(25-29-18)23-12-13-8-10-14(11-9-13)20(26)27/h1-11H,12H2,(H,26,27)(H2,23,24,25). The van der Waals surface area contributed by atoms with Crippen LogP contribution in [-0.2, 0) is 6.54 Å². The van der Waals surface area contributed by atoms with E-state index in [0.717, 1.165) is 16.1 Å². The highest BCUT2D eigenvalue weighted by atomic mass is 35.5. The number of hydrogen-bond acceptors (Lipinski definition) is 4. The Morgan fingerprint density at radius 2 is 1.79 bits per heavy atom. The van der Waals surface area contributed by atoms with Crippen LogP contribution in [0, 0.1) is 0 Å². The predicted molar refractivity (Wildman–Crippen MR) is 115 cm³/mol. The van der Waals surface area contributed by atoms with E-state index in [1.807, 2.05) is 36.4 Å². The lowest BCUT2D eigenvalue weighted by atomic mass is 10.1. The van der Waals surface area contributed by atoms with Crippen molar-refractivity contribution in [3.63, 3.8) is 0 Å². The zero-order valence-corrected chi connectivity index (χ0v) is 16.6. The number of fused-ring (bicyclic) bond motifs is 1. The maximum atomic E-state index is 10.9. The average molecular weight is 426 g/mol. The molecule has 146 valence electrons. The third kappa shape index (κ3) is 4.47. The molecule has 1 heterocycles. The average Bonchev–Trinajstić information content (AvgIpc) is 2.74. The van der Waals surface area contributed by atoms with Crippen LogP contribution in [0.15, 0.2) is 76.6 Å². The highest BCUT2D eigenvalue weighted by molar-refractivity contribution is 7.98. The lowest BCUT2D eigenvalue weighted by Gasteiger charge is -2.23. The maximum absolute atomic E-state index is 10.9. The van der Waals surface area contributed by atoms with Crippen LogP contribution in [0.3, 0.4) is 0 Å².